The van der Waals surface area contributed by atoms with Crippen molar-refractivity contribution >= 4 is 17.7 Å². The molecule has 3 N–H and O–H groups in total. The highest BCUT2D eigenvalue weighted by Gasteiger charge is 2.16. The lowest BCUT2D eigenvalue weighted by molar-refractivity contribution is -0.143. The molecular formula is C8H15N3O3. The first kappa shape index (κ1) is 12.6. The lowest BCUT2D eigenvalue weighted by Crippen LogP contribution is -2.39. The molecule has 0 bridgehead atoms. The number of carbonyl (C=O) groups excluding carboxylic acids is 3. The van der Waals surface area contributed by atoms with E-state index in [1.54, 1.807) is 6.92 Å². The van der Waals surface area contributed by atoms with Crippen LogP contribution in [0, 0.1) is 0 Å². The average molecular weight is 201 g/mol. The molecule has 0 aromatic rings. The van der Waals surface area contributed by atoms with Crippen LogP contribution in [-0.4, -0.2) is 29.2 Å². The van der Waals surface area contributed by atoms with Gasteiger partial charge in [-0.3, -0.25) is 24.7 Å². The lowest BCUT2D eigenvalue weighted by atomic mass is 10.3. The van der Waals surface area contributed by atoms with Gasteiger partial charge in [0.1, 0.15) is 0 Å². The van der Waals surface area contributed by atoms with Crippen LogP contribution in [0.15, 0.2) is 0 Å². The zero-order valence-electron chi connectivity index (χ0n) is 8.37. The standard InChI is InChI=1S/C8H15N3O3/c1-3-8(14)11(6(2)12)5-4-7(13)10-9/h3-5,9H2,1-2H3,(H,10,13). The summed E-state index contributed by atoms with van der Waals surface area (Å²) in [5.74, 6) is 3.80. The second-order valence-electron chi connectivity index (χ2n) is 2.74. The van der Waals surface area contributed by atoms with Gasteiger partial charge in [0, 0.05) is 26.3 Å². The third-order valence-corrected chi connectivity index (χ3v) is 1.71. The average Bonchev–Trinajstić information content (AvgIpc) is 2.16. The minimum absolute atomic E-state index is 0.0296. The Morgan fingerprint density at radius 3 is 2.29 bits per heavy atom. The van der Waals surface area contributed by atoms with Gasteiger partial charge in [0.05, 0.1) is 0 Å². The topological polar surface area (TPSA) is 92.5 Å². The summed E-state index contributed by atoms with van der Waals surface area (Å²) >= 11 is 0. The monoisotopic (exact) mass is 201 g/mol. The third kappa shape index (κ3) is 3.99. The number of amides is 3. The largest absolute Gasteiger partial charge is 0.294 e. The van der Waals surface area contributed by atoms with Crippen molar-refractivity contribution in [2.75, 3.05) is 6.54 Å². The Kier molecular flexibility index (Phi) is 5.47. The van der Waals surface area contributed by atoms with E-state index in [1.165, 1.54) is 6.92 Å². The lowest BCUT2D eigenvalue weighted by Gasteiger charge is -2.17. The zero-order chi connectivity index (χ0) is 11.1. The molecule has 0 aromatic heterocycles. The maximum atomic E-state index is 11.2. The SMILES string of the molecule is CCC(=O)N(CCC(=O)NN)C(C)=O. The Bertz CT molecular complexity index is 240. The summed E-state index contributed by atoms with van der Waals surface area (Å²) in [7, 11) is 0. The molecule has 0 heterocycles. The summed E-state index contributed by atoms with van der Waals surface area (Å²) in [4.78, 5) is 34.0. The first-order chi connectivity index (χ1) is 6.52. The smallest absolute Gasteiger partial charge is 0.235 e. The number of hydrogen-bond acceptors (Lipinski definition) is 4. The Hall–Kier alpha value is -1.43. The summed E-state index contributed by atoms with van der Waals surface area (Å²) in [6, 6.07) is 0. The minimum atomic E-state index is -0.403. The van der Waals surface area contributed by atoms with Crippen molar-refractivity contribution in [3.8, 4) is 0 Å². The summed E-state index contributed by atoms with van der Waals surface area (Å²) < 4.78 is 0. The van der Waals surface area contributed by atoms with Gasteiger partial charge < -0.3 is 0 Å². The van der Waals surface area contributed by atoms with E-state index in [-0.39, 0.29) is 31.2 Å². The molecule has 6 heteroatoms. The summed E-state index contributed by atoms with van der Waals surface area (Å²) in [5, 5.41) is 0. The van der Waals surface area contributed by atoms with Gasteiger partial charge in [-0.25, -0.2) is 5.84 Å². The van der Waals surface area contributed by atoms with Crippen LogP contribution in [0.1, 0.15) is 26.7 Å². The van der Waals surface area contributed by atoms with Crippen LogP contribution in [0.25, 0.3) is 0 Å². The van der Waals surface area contributed by atoms with Crippen LogP contribution in [0.4, 0.5) is 0 Å². The van der Waals surface area contributed by atoms with Gasteiger partial charge in [-0.15, -0.1) is 0 Å². The van der Waals surface area contributed by atoms with Crippen LogP contribution >= 0.6 is 0 Å². The molecular weight excluding hydrogens is 186 g/mol. The highest BCUT2D eigenvalue weighted by atomic mass is 16.2. The van der Waals surface area contributed by atoms with Crippen LogP contribution < -0.4 is 11.3 Å². The van der Waals surface area contributed by atoms with E-state index in [0.29, 0.717) is 0 Å². The molecule has 0 aliphatic heterocycles. The number of nitrogens with zero attached hydrogens (tertiary/aromatic N) is 1. The fraction of sp³-hybridized carbons (Fsp3) is 0.625. The van der Waals surface area contributed by atoms with Crippen molar-refractivity contribution in [1.29, 1.82) is 0 Å². The van der Waals surface area contributed by atoms with E-state index in [2.05, 4.69) is 0 Å². The highest BCUT2D eigenvalue weighted by Crippen LogP contribution is 1.97. The summed E-state index contributed by atoms with van der Waals surface area (Å²) in [6.45, 7) is 3.01. The van der Waals surface area contributed by atoms with Crippen LogP contribution in [0.5, 0.6) is 0 Å². The first-order valence-corrected chi connectivity index (χ1v) is 4.33. The second kappa shape index (κ2) is 6.09. The predicted octanol–water partition coefficient (Wildman–Crippen LogP) is -0.848. The molecule has 14 heavy (non-hydrogen) atoms. The molecule has 3 amide bonds. The fourth-order valence-electron chi connectivity index (χ4n) is 0.934. The van der Waals surface area contributed by atoms with Crippen molar-refractivity contribution in [2.45, 2.75) is 26.7 Å². The Morgan fingerprint density at radius 2 is 1.93 bits per heavy atom. The molecule has 0 unspecified atom stereocenters. The predicted molar refractivity (Wildman–Crippen MR) is 49.6 cm³/mol. The molecule has 0 fully saturated rings. The van der Waals surface area contributed by atoms with Crippen molar-refractivity contribution in [3.05, 3.63) is 0 Å². The molecule has 6 nitrogen and oxygen atoms in total. The third-order valence-electron chi connectivity index (χ3n) is 1.71. The quantitative estimate of drug-likeness (QED) is 0.352. The minimum Gasteiger partial charge on any atom is -0.294 e. The van der Waals surface area contributed by atoms with E-state index in [1.807, 2.05) is 5.43 Å². The van der Waals surface area contributed by atoms with E-state index in [0.717, 1.165) is 4.90 Å². The van der Waals surface area contributed by atoms with E-state index in [4.69, 9.17) is 5.84 Å². The molecule has 0 aliphatic rings. The molecule has 0 aromatic carbocycles. The Balaban J connectivity index is 4.18. The molecule has 0 atom stereocenters. The van der Waals surface area contributed by atoms with Gasteiger partial charge in [-0.2, -0.15) is 0 Å². The Labute approximate surface area is 82.4 Å². The van der Waals surface area contributed by atoms with Gasteiger partial charge in [0.2, 0.25) is 17.7 Å². The van der Waals surface area contributed by atoms with Crippen LogP contribution in [0.2, 0.25) is 0 Å². The molecule has 80 valence electrons. The van der Waals surface area contributed by atoms with Gasteiger partial charge in [0.15, 0.2) is 0 Å². The number of carbonyl (C=O) groups is 3. The van der Waals surface area contributed by atoms with Crippen molar-refractivity contribution < 1.29 is 14.4 Å². The van der Waals surface area contributed by atoms with Crippen molar-refractivity contribution in [3.63, 3.8) is 0 Å². The van der Waals surface area contributed by atoms with Crippen LogP contribution in [0.3, 0.4) is 0 Å². The molecule has 0 aliphatic carbocycles. The molecule has 0 radical (unpaired) electrons. The van der Waals surface area contributed by atoms with Gasteiger partial charge >= 0.3 is 0 Å². The number of nitrogens with two attached hydrogens (primary N) is 1. The Morgan fingerprint density at radius 1 is 1.36 bits per heavy atom. The normalized spacial score (nSPS) is 9.36. The molecule has 0 saturated heterocycles. The number of rotatable bonds is 4. The molecule has 0 rings (SSSR count). The van der Waals surface area contributed by atoms with Crippen LogP contribution in [-0.2, 0) is 14.4 Å². The van der Waals surface area contributed by atoms with Gasteiger partial charge in [-0.1, -0.05) is 6.92 Å². The summed E-state index contributed by atoms with van der Waals surface area (Å²) in [5.41, 5.74) is 1.93. The molecule has 0 saturated carbocycles. The number of nitrogens with one attached hydrogen (secondary N) is 1. The van der Waals surface area contributed by atoms with E-state index >= 15 is 0 Å². The van der Waals surface area contributed by atoms with Gasteiger partial charge in [-0.05, 0) is 0 Å². The zero-order valence-corrected chi connectivity index (χ0v) is 8.37. The maximum Gasteiger partial charge on any atom is 0.235 e. The van der Waals surface area contributed by atoms with Gasteiger partial charge in [0.25, 0.3) is 0 Å². The summed E-state index contributed by atoms with van der Waals surface area (Å²) in [6.07, 6.45) is 0.269. The number of imide groups is 1. The van der Waals surface area contributed by atoms with Crippen molar-refractivity contribution in [1.82, 2.24) is 10.3 Å². The van der Waals surface area contributed by atoms with Crippen molar-refractivity contribution in [2.24, 2.45) is 5.84 Å². The highest BCUT2D eigenvalue weighted by molar-refractivity contribution is 5.94. The number of hydrogen-bond donors (Lipinski definition) is 2. The fourth-order valence-corrected chi connectivity index (χ4v) is 0.934. The second-order valence-corrected chi connectivity index (χ2v) is 2.74. The van der Waals surface area contributed by atoms with E-state index < -0.39 is 5.91 Å². The number of hydrazine groups is 1. The van der Waals surface area contributed by atoms with E-state index in [9.17, 15) is 14.4 Å². The molecule has 0 spiro atoms. The first-order valence-electron chi connectivity index (χ1n) is 4.33. The maximum absolute atomic E-state index is 11.2.